The molecule has 0 amide bonds. The van der Waals surface area contributed by atoms with Crippen molar-refractivity contribution in [3.05, 3.63) is 68.9 Å². The number of carbonyl (C=O) groups is 1. The summed E-state index contributed by atoms with van der Waals surface area (Å²) >= 11 is 7.19. The summed E-state index contributed by atoms with van der Waals surface area (Å²) in [6, 6.07) is 13.9. The van der Waals surface area contributed by atoms with Crippen LogP contribution in [0.3, 0.4) is 0 Å². The van der Waals surface area contributed by atoms with Crippen molar-refractivity contribution in [2.45, 2.75) is 6.10 Å². The SMILES string of the molecule is O=C(O)c1cccc2cccc(C(O)c3ccc(Cl)s3)c12. The minimum Gasteiger partial charge on any atom is -0.478 e. The first-order valence-electron chi connectivity index (χ1n) is 6.26. The predicted octanol–water partition coefficient (Wildman–Crippen LogP) is 4.33. The number of hydrogen-bond acceptors (Lipinski definition) is 3. The van der Waals surface area contributed by atoms with Crippen molar-refractivity contribution >= 4 is 39.7 Å². The Morgan fingerprint density at radius 1 is 1.10 bits per heavy atom. The smallest absolute Gasteiger partial charge is 0.336 e. The van der Waals surface area contributed by atoms with Gasteiger partial charge in [0.05, 0.1) is 9.90 Å². The minimum absolute atomic E-state index is 0.185. The first-order valence-corrected chi connectivity index (χ1v) is 7.45. The summed E-state index contributed by atoms with van der Waals surface area (Å²) in [6.45, 7) is 0. The summed E-state index contributed by atoms with van der Waals surface area (Å²) in [5, 5.41) is 21.3. The second kappa shape index (κ2) is 5.48. The molecule has 0 bridgehead atoms. The number of hydrogen-bond donors (Lipinski definition) is 2. The Morgan fingerprint density at radius 3 is 2.43 bits per heavy atom. The van der Waals surface area contributed by atoms with E-state index in [1.807, 2.05) is 18.2 Å². The molecule has 3 aromatic rings. The van der Waals surface area contributed by atoms with Crippen LogP contribution in [0.5, 0.6) is 0 Å². The molecule has 21 heavy (non-hydrogen) atoms. The Morgan fingerprint density at radius 2 is 1.81 bits per heavy atom. The molecule has 1 heterocycles. The van der Waals surface area contributed by atoms with Gasteiger partial charge in [0.25, 0.3) is 0 Å². The van der Waals surface area contributed by atoms with Crippen LogP contribution in [-0.4, -0.2) is 16.2 Å². The molecular weight excluding hydrogens is 308 g/mol. The Bertz CT molecular complexity index is 820. The van der Waals surface area contributed by atoms with Crippen LogP contribution in [0.4, 0.5) is 0 Å². The van der Waals surface area contributed by atoms with Crippen molar-refractivity contribution in [1.29, 1.82) is 0 Å². The first-order chi connectivity index (χ1) is 10.1. The molecule has 3 rings (SSSR count). The highest BCUT2D eigenvalue weighted by Gasteiger charge is 2.19. The summed E-state index contributed by atoms with van der Waals surface area (Å²) in [7, 11) is 0. The van der Waals surface area contributed by atoms with Crippen LogP contribution in [0.15, 0.2) is 48.5 Å². The van der Waals surface area contributed by atoms with Crippen molar-refractivity contribution in [3.8, 4) is 0 Å². The van der Waals surface area contributed by atoms with Crippen LogP contribution in [0, 0.1) is 0 Å². The third-order valence-electron chi connectivity index (χ3n) is 3.33. The Labute approximate surface area is 130 Å². The van der Waals surface area contributed by atoms with Crippen molar-refractivity contribution in [2.24, 2.45) is 0 Å². The van der Waals surface area contributed by atoms with Gasteiger partial charge in [0.15, 0.2) is 0 Å². The highest BCUT2D eigenvalue weighted by Crippen LogP contribution is 2.35. The number of aromatic carboxylic acids is 1. The zero-order chi connectivity index (χ0) is 15.0. The largest absolute Gasteiger partial charge is 0.478 e. The summed E-state index contributed by atoms with van der Waals surface area (Å²) in [5.41, 5.74) is 0.758. The Balaban J connectivity index is 2.25. The average molecular weight is 319 g/mol. The van der Waals surface area contributed by atoms with E-state index >= 15 is 0 Å². The van der Waals surface area contributed by atoms with Crippen LogP contribution >= 0.6 is 22.9 Å². The molecule has 1 aromatic heterocycles. The van der Waals surface area contributed by atoms with Gasteiger partial charge < -0.3 is 10.2 Å². The standard InChI is InChI=1S/C16H11ClO3S/c17-13-8-7-12(21-13)15(18)10-5-1-3-9-4-2-6-11(14(9)10)16(19)20/h1-8,15,18H,(H,19,20). The Kier molecular flexibility index (Phi) is 3.68. The maximum Gasteiger partial charge on any atom is 0.336 e. The zero-order valence-electron chi connectivity index (χ0n) is 10.8. The van der Waals surface area contributed by atoms with Crippen molar-refractivity contribution in [3.63, 3.8) is 0 Å². The van der Waals surface area contributed by atoms with E-state index in [9.17, 15) is 15.0 Å². The lowest BCUT2D eigenvalue weighted by Gasteiger charge is -2.14. The normalized spacial score (nSPS) is 12.5. The molecule has 1 atom stereocenters. The van der Waals surface area contributed by atoms with Gasteiger partial charge in [-0.3, -0.25) is 0 Å². The van der Waals surface area contributed by atoms with Gasteiger partial charge in [-0.2, -0.15) is 0 Å². The predicted molar refractivity (Wildman–Crippen MR) is 84.3 cm³/mol. The lowest BCUT2D eigenvalue weighted by molar-refractivity contribution is 0.0699. The molecule has 0 spiro atoms. The molecule has 3 nitrogen and oxygen atoms in total. The van der Waals surface area contributed by atoms with Gasteiger partial charge in [0.1, 0.15) is 6.10 Å². The molecule has 0 saturated carbocycles. The summed E-state index contributed by atoms with van der Waals surface area (Å²) in [4.78, 5) is 12.1. The molecule has 0 aliphatic rings. The van der Waals surface area contributed by atoms with E-state index in [0.717, 1.165) is 5.39 Å². The number of thiophene rings is 1. The average Bonchev–Trinajstić information content (AvgIpc) is 2.91. The first kappa shape index (κ1) is 14.1. The minimum atomic E-state index is -1.01. The van der Waals surface area contributed by atoms with E-state index in [4.69, 9.17) is 11.6 Å². The molecular formula is C16H11ClO3S. The van der Waals surface area contributed by atoms with Crippen LogP contribution < -0.4 is 0 Å². The number of carboxylic acids is 1. The molecule has 0 saturated heterocycles. The lowest BCUT2D eigenvalue weighted by Crippen LogP contribution is -2.03. The summed E-state index contributed by atoms with van der Waals surface area (Å²) in [5.74, 6) is -1.01. The lowest BCUT2D eigenvalue weighted by atomic mass is 9.95. The topological polar surface area (TPSA) is 57.5 Å². The fourth-order valence-corrected chi connectivity index (χ4v) is 3.47. The molecule has 2 aromatic carbocycles. The number of benzene rings is 2. The van der Waals surface area contributed by atoms with Gasteiger partial charge in [-0.1, -0.05) is 41.9 Å². The third-order valence-corrected chi connectivity index (χ3v) is 4.61. The molecule has 0 fully saturated rings. The van der Waals surface area contributed by atoms with E-state index in [1.54, 1.807) is 30.3 Å². The number of aliphatic hydroxyl groups excluding tert-OH is 1. The van der Waals surface area contributed by atoms with Crippen molar-refractivity contribution < 1.29 is 15.0 Å². The van der Waals surface area contributed by atoms with Gasteiger partial charge in [-0.05, 0) is 29.1 Å². The van der Waals surface area contributed by atoms with Crippen LogP contribution in [0.2, 0.25) is 4.34 Å². The fraction of sp³-hybridized carbons (Fsp3) is 0.0625. The number of rotatable bonds is 3. The summed E-state index contributed by atoms with van der Waals surface area (Å²) in [6.07, 6.45) is -0.897. The maximum atomic E-state index is 11.4. The monoisotopic (exact) mass is 318 g/mol. The summed E-state index contributed by atoms with van der Waals surface area (Å²) < 4.78 is 0.586. The van der Waals surface area contributed by atoms with Gasteiger partial charge in [0.2, 0.25) is 0 Å². The van der Waals surface area contributed by atoms with Crippen molar-refractivity contribution in [1.82, 2.24) is 0 Å². The molecule has 0 aliphatic heterocycles. The van der Waals surface area contributed by atoms with E-state index in [2.05, 4.69) is 0 Å². The highest BCUT2D eigenvalue weighted by molar-refractivity contribution is 7.16. The number of aliphatic hydroxyl groups is 1. The van der Waals surface area contributed by atoms with Gasteiger partial charge in [0, 0.05) is 10.3 Å². The van der Waals surface area contributed by atoms with E-state index in [-0.39, 0.29) is 5.56 Å². The quantitative estimate of drug-likeness (QED) is 0.755. The Hall–Kier alpha value is -1.88. The van der Waals surface area contributed by atoms with Gasteiger partial charge in [-0.25, -0.2) is 4.79 Å². The fourth-order valence-electron chi connectivity index (χ4n) is 2.40. The van der Waals surface area contributed by atoms with E-state index < -0.39 is 12.1 Å². The second-order valence-corrected chi connectivity index (χ2v) is 6.35. The van der Waals surface area contributed by atoms with E-state index in [0.29, 0.717) is 20.2 Å². The van der Waals surface area contributed by atoms with Gasteiger partial charge >= 0.3 is 5.97 Å². The van der Waals surface area contributed by atoms with Crippen LogP contribution in [0.1, 0.15) is 26.9 Å². The number of carboxylic acid groups (broad SMARTS) is 1. The molecule has 2 N–H and O–H groups in total. The molecule has 5 heteroatoms. The third kappa shape index (κ3) is 2.53. The second-order valence-electron chi connectivity index (χ2n) is 4.60. The molecule has 1 unspecified atom stereocenters. The highest BCUT2D eigenvalue weighted by atomic mass is 35.5. The van der Waals surface area contributed by atoms with E-state index in [1.165, 1.54) is 11.3 Å². The van der Waals surface area contributed by atoms with Crippen molar-refractivity contribution in [2.75, 3.05) is 0 Å². The molecule has 0 aliphatic carbocycles. The zero-order valence-corrected chi connectivity index (χ0v) is 12.4. The van der Waals surface area contributed by atoms with Gasteiger partial charge in [-0.15, -0.1) is 11.3 Å². The van der Waals surface area contributed by atoms with Crippen LogP contribution in [-0.2, 0) is 0 Å². The maximum absolute atomic E-state index is 11.4. The number of fused-ring (bicyclic) bond motifs is 1. The molecule has 106 valence electrons. The number of halogens is 1. The van der Waals surface area contributed by atoms with Crippen LogP contribution in [0.25, 0.3) is 10.8 Å². The molecule has 0 radical (unpaired) electrons.